The van der Waals surface area contributed by atoms with Gasteiger partial charge >= 0.3 is 0 Å². The van der Waals surface area contributed by atoms with Crippen LogP contribution < -0.4 is 4.90 Å². The first-order valence-electron chi connectivity index (χ1n) is 7.77. The highest BCUT2D eigenvalue weighted by molar-refractivity contribution is 5.51. The molecule has 2 aromatic rings. The monoisotopic (exact) mass is 310 g/mol. The molecule has 118 valence electrons. The van der Waals surface area contributed by atoms with Gasteiger partial charge in [-0.2, -0.15) is 5.26 Å². The first kappa shape index (κ1) is 15.4. The molecule has 0 N–H and O–H groups in total. The molecule has 1 aromatic carbocycles. The number of halogens is 1. The van der Waals surface area contributed by atoms with Gasteiger partial charge in [0.25, 0.3) is 0 Å². The van der Waals surface area contributed by atoms with E-state index in [4.69, 9.17) is 5.26 Å². The van der Waals surface area contributed by atoms with Crippen molar-refractivity contribution in [2.45, 2.75) is 13.0 Å². The number of hydrogen-bond donors (Lipinski definition) is 0. The lowest BCUT2D eigenvalue weighted by Gasteiger charge is -2.39. The fourth-order valence-corrected chi connectivity index (χ4v) is 3.04. The number of pyridine rings is 1. The Morgan fingerprint density at radius 3 is 2.43 bits per heavy atom. The van der Waals surface area contributed by atoms with Gasteiger partial charge in [-0.1, -0.05) is 0 Å². The second-order valence-electron chi connectivity index (χ2n) is 5.76. The molecule has 1 atom stereocenters. The van der Waals surface area contributed by atoms with Crippen molar-refractivity contribution in [1.29, 1.82) is 5.26 Å². The quantitative estimate of drug-likeness (QED) is 0.874. The van der Waals surface area contributed by atoms with Gasteiger partial charge in [0.15, 0.2) is 0 Å². The third-order valence-corrected chi connectivity index (χ3v) is 4.47. The van der Waals surface area contributed by atoms with Crippen LogP contribution in [0.25, 0.3) is 0 Å². The van der Waals surface area contributed by atoms with Crippen LogP contribution in [0.5, 0.6) is 0 Å². The summed E-state index contributed by atoms with van der Waals surface area (Å²) in [6.45, 7) is 5.50. The lowest BCUT2D eigenvalue weighted by molar-refractivity contribution is 0.198. The third-order valence-electron chi connectivity index (χ3n) is 4.47. The number of aromatic nitrogens is 1. The molecular weight excluding hydrogens is 291 g/mol. The summed E-state index contributed by atoms with van der Waals surface area (Å²) >= 11 is 0. The number of benzene rings is 1. The maximum Gasteiger partial charge on any atom is 0.147 e. The summed E-state index contributed by atoms with van der Waals surface area (Å²) in [5.41, 5.74) is 2.19. The highest BCUT2D eigenvalue weighted by atomic mass is 19.1. The molecule has 0 spiro atoms. The number of nitriles is 1. The van der Waals surface area contributed by atoms with E-state index in [-0.39, 0.29) is 5.82 Å². The molecule has 1 saturated heterocycles. The van der Waals surface area contributed by atoms with Gasteiger partial charge in [0.05, 0.1) is 17.3 Å². The highest BCUT2D eigenvalue weighted by Crippen LogP contribution is 2.25. The van der Waals surface area contributed by atoms with Crippen molar-refractivity contribution in [3.63, 3.8) is 0 Å². The Morgan fingerprint density at radius 2 is 1.83 bits per heavy atom. The number of piperazine rings is 1. The standard InChI is InChI=1S/C18H19FN4/c1-14(16-4-6-21-7-5-16)22-8-10-23(11-9-22)18-3-2-15(13-20)12-17(18)19/h2-7,12,14H,8-11H2,1H3/t14-/m1/s1. The van der Waals surface area contributed by atoms with E-state index >= 15 is 0 Å². The molecule has 1 aromatic heterocycles. The van der Waals surface area contributed by atoms with Gasteiger partial charge in [-0.25, -0.2) is 4.39 Å². The van der Waals surface area contributed by atoms with Gasteiger partial charge in [0.1, 0.15) is 5.82 Å². The van der Waals surface area contributed by atoms with E-state index in [0.717, 1.165) is 26.2 Å². The molecule has 0 amide bonds. The molecule has 1 aliphatic heterocycles. The minimum atomic E-state index is -0.320. The Labute approximate surface area is 135 Å². The van der Waals surface area contributed by atoms with Crippen molar-refractivity contribution in [2.75, 3.05) is 31.1 Å². The smallest absolute Gasteiger partial charge is 0.147 e. The van der Waals surface area contributed by atoms with Crippen LogP contribution in [0.1, 0.15) is 24.1 Å². The van der Waals surface area contributed by atoms with Crippen molar-refractivity contribution in [2.24, 2.45) is 0 Å². The average Bonchev–Trinajstić information content (AvgIpc) is 2.62. The summed E-state index contributed by atoms with van der Waals surface area (Å²) in [5.74, 6) is -0.320. The lowest BCUT2D eigenvalue weighted by atomic mass is 10.1. The molecule has 1 aliphatic rings. The normalized spacial score (nSPS) is 16.8. The van der Waals surface area contributed by atoms with Gasteiger partial charge in [0.2, 0.25) is 0 Å². The highest BCUT2D eigenvalue weighted by Gasteiger charge is 2.23. The molecule has 1 fully saturated rings. The Morgan fingerprint density at radius 1 is 1.13 bits per heavy atom. The van der Waals surface area contributed by atoms with Crippen molar-refractivity contribution in [1.82, 2.24) is 9.88 Å². The summed E-state index contributed by atoms with van der Waals surface area (Å²) in [4.78, 5) is 8.50. The van der Waals surface area contributed by atoms with Gasteiger partial charge < -0.3 is 4.90 Å². The van der Waals surface area contributed by atoms with Crippen LogP contribution in [0, 0.1) is 17.1 Å². The van der Waals surface area contributed by atoms with Crippen LogP contribution in [0.3, 0.4) is 0 Å². The van der Waals surface area contributed by atoms with Crippen LogP contribution in [0.4, 0.5) is 10.1 Å². The molecule has 0 aliphatic carbocycles. The fourth-order valence-electron chi connectivity index (χ4n) is 3.04. The van der Waals surface area contributed by atoms with Crippen LogP contribution >= 0.6 is 0 Å². The average molecular weight is 310 g/mol. The summed E-state index contributed by atoms with van der Waals surface area (Å²) in [5, 5.41) is 8.83. The second kappa shape index (κ2) is 6.76. The molecule has 3 rings (SSSR count). The molecule has 4 nitrogen and oxygen atoms in total. The van der Waals surface area contributed by atoms with E-state index in [1.54, 1.807) is 12.1 Å². The summed E-state index contributed by atoms with van der Waals surface area (Å²) in [7, 11) is 0. The Hall–Kier alpha value is -2.45. The van der Waals surface area contributed by atoms with Crippen LogP contribution in [0.2, 0.25) is 0 Å². The zero-order chi connectivity index (χ0) is 16.2. The minimum absolute atomic E-state index is 0.320. The lowest BCUT2D eigenvalue weighted by Crippen LogP contribution is -2.47. The van der Waals surface area contributed by atoms with Gasteiger partial charge in [-0.05, 0) is 42.8 Å². The van der Waals surface area contributed by atoms with Gasteiger partial charge in [0, 0.05) is 44.6 Å². The van der Waals surface area contributed by atoms with E-state index in [0.29, 0.717) is 17.3 Å². The molecule has 0 unspecified atom stereocenters. The number of anilines is 1. The van der Waals surface area contributed by atoms with Crippen molar-refractivity contribution in [3.8, 4) is 6.07 Å². The van der Waals surface area contributed by atoms with Crippen LogP contribution in [-0.4, -0.2) is 36.1 Å². The third kappa shape index (κ3) is 3.33. The first-order valence-corrected chi connectivity index (χ1v) is 7.77. The predicted molar refractivity (Wildman–Crippen MR) is 87.6 cm³/mol. The molecule has 0 saturated carbocycles. The molecule has 0 bridgehead atoms. The van der Waals surface area contributed by atoms with Crippen molar-refractivity contribution < 1.29 is 4.39 Å². The number of rotatable bonds is 3. The van der Waals surface area contributed by atoms with E-state index in [2.05, 4.69) is 16.8 Å². The maximum absolute atomic E-state index is 14.1. The molecule has 23 heavy (non-hydrogen) atoms. The molecule has 2 heterocycles. The summed E-state index contributed by atoms with van der Waals surface area (Å²) in [6.07, 6.45) is 3.63. The summed E-state index contributed by atoms with van der Waals surface area (Å²) in [6, 6.07) is 11.1. The Kier molecular flexibility index (Phi) is 4.54. The van der Waals surface area contributed by atoms with Crippen molar-refractivity contribution >= 4 is 5.69 Å². The van der Waals surface area contributed by atoms with Crippen LogP contribution in [-0.2, 0) is 0 Å². The summed E-state index contributed by atoms with van der Waals surface area (Å²) < 4.78 is 14.1. The molecule has 5 heteroatoms. The van der Waals surface area contributed by atoms with Crippen molar-refractivity contribution in [3.05, 3.63) is 59.7 Å². The largest absolute Gasteiger partial charge is 0.367 e. The zero-order valence-corrected chi connectivity index (χ0v) is 13.1. The maximum atomic E-state index is 14.1. The molecule has 0 radical (unpaired) electrons. The number of nitrogens with zero attached hydrogens (tertiary/aromatic N) is 4. The van der Waals surface area contributed by atoms with E-state index in [9.17, 15) is 4.39 Å². The second-order valence-corrected chi connectivity index (χ2v) is 5.76. The Bertz CT molecular complexity index is 703. The van der Waals surface area contributed by atoms with Gasteiger partial charge in [-0.15, -0.1) is 0 Å². The van der Waals surface area contributed by atoms with E-state index in [1.807, 2.05) is 35.5 Å². The van der Waals surface area contributed by atoms with Gasteiger partial charge in [-0.3, -0.25) is 9.88 Å². The topological polar surface area (TPSA) is 43.2 Å². The Balaban J connectivity index is 1.66. The van der Waals surface area contributed by atoms with E-state index < -0.39 is 0 Å². The van der Waals surface area contributed by atoms with Crippen LogP contribution in [0.15, 0.2) is 42.7 Å². The SMILES string of the molecule is C[C@H](c1ccncc1)N1CCN(c2ccc(C#N)cc2F)CC1. The first-order chi connectivity index (χ1) is 11.2. The molecular formula is C18H19FN4. The zero-order valence-electron chi connectivity index (χ0n) is 13.1. The predicted octanol–water partition coefficient (Wildman–Crippen LogP) is 2.98. The number of hydrogen-bond acceptors (Lipinski definition) is 4. The minimum Gasteiger partial charge on any atom is -0.367 e. The van der Waals surface area contributed by atoms with E-state index in [1.165, 1.54) is 11.6 Å². The fraction of sp³-hybridized carbons (Fsp3) is 0.333.